The van der Waals surface area contributed by atoms with Crippen LogP contribution in [0, 0.1) is 4.91 Å². The van der Waals surface area contributed by atoms with Gasteiger partial charge in [-0.2, -0.15) is 4.99 Å². The van der Waals surface area contributed by atoms with E-state index < -0.39 is 0 Å². The summed E-state index contributed by atoms with van der Waals surface area (Å²) < 4.78 is 1.89. The maximum atomic E-state index is 12.8. The highest BCUT2D eigenvalue weighted by atomic mass is 16.3. The Labute approximate surface area is 174 Å². The summed E-state index contributed by atoms with van der Waals surface area (Å²) in [6.45, 7) is 0.747. The second-order valence-corrected chi connectivity index (χ2v) is 7.96. The van der Waals surface area contributed by atoms with Gasteiger partial charge in [0, 0.05) is 35.8 Å². The highest BCUT2D eigenvalue weighted by Gasteiger charge is 2.36. The van der Waals surface area contributed by atoms with Crippen molar-refractivity contribution in [1.82, 2.24) is 19.5 Å². The molecule has 0 N–H and O–H groups in total. The van der Waals surface area contributed by atoms with Gasteiger partial charge in [-0.25, -0.2) is 4.98 Å². The van der Waals surface area contributed by atoms with Crippen LogP contribution in [0.2, 0.25) is 0 Å². The highest BCUT2D eigenvalue weighted by Crippen LogP contribution is 2.44. The summed E-state index contributed by atoms with van der Waals surface area (Å²) in [5.41, 5.74) is 6.75. The third-order valence-corrected chi connectivity index (χ3v) is 6.07. The fourth-order valence-corrected chi connectivity index (χ4v) is 4.41. The second kappa shape index (κ2) is 6.73. The molecule has 0 atom stereocenters. The average molecular weight is 397 g/mol. The molecule has 0 bridgehead atoms. The van der Waals surface area contributed by atoms with Gasteiger partial charge in [0.25, 0.3) is 0 Å². The molecular formula is C23H21N6O+. The summed E-state index contributed by atoms with van der Waals surface area (Å²) in [5.74, 6) is 1.40. The topological polar surface area (TPSA) is 66.4 Å². The maximum absolute atomic E-state index is 12.8. The summed E-state index contributed by atoms with van der Waals surface area (Å²) in [6.07, 6.45) is 12.7. The zero-order chi connectivity index (χ0) is 20.1. The summed E-state index contributed by atoms with van der Waals surface area (Å²) in [7, 11) is 0. The largest absolute Gasteiger partial charge is 0.318 e. The zero-order valence-electron chi connectivity index (χ0n) is 16.5. The minimum Gasteiger partial charge on any atom is -0.290 e. The van der Waals surface area contributed by atoms with Crippen LogP contribution in [0.3, 0.4) is 0 Å². The molecule has 2 aliphatic heterocycles. The number of aliphatic imine (C=N–C) groups is 1. The number of rotatable bonds is 2. The lowest BCUT2D eigenvalue weighted by atomic mass is 9.90. The number of pyridine rings is 1. The van der Waals surface area contributed by atoms with E-state index in [9.17, 15) is 4.91 Å². The van der Waals surface area contributed by atoms with Crippen LogP contribution in [0.1, 0.15) is 35.4 Å². The molecule has 1 aliphatic carbocycles. The van der Waals surface area contributed by atoms with Crippen LogP contribution in [0.4, 0.5) is 0 Å². The molecule has 0 radical (unpaired) electrons. The number of hydrogen-bond acceptors (Lipinski definition) is 4. The Kier molecular flexibility index (Phi) is 3.87. The first-order valence-corrected chi connectivity index (χ1v) is 10.3. The third kappa shape index (κ3) is 2.85. The Hall–Kier alpha value is -3.61. The molecule has 1 saturated carbocycles. The standard InChI is InChI=1S/C23H21N6O/c30-29-15-26-23(27-13-21(25-14-27)17-6-9-24-10-7-17)12-22-20-3-1-2-18(16-4-5-16)19(20)8-11-28(22)29/h1-3,6-7,9-10,12-14,16H,4-5,8,11,15H2/q+1. The number of hydrazine groups is 1. The lowest BCUT2D eigenvalue weighted by Gasteiger charge is -2.26. The van der Waals surface area contributed by atoms with E-state index in [1.807, 2.05) is 34.0 Å². The van der Waals surface area contributed by atoms with Crippen LogP contribution in [-0.4, -0.2) is 43.5 Å². The molecule has 2 aromatic heterocycles. The second-order valence-electron chi connectivity index (χ2n) is 7.96. The molecule has 1 fully saturated rings. The van der Waals surface area contributed by atoms with E-state index in [2.05, 4.69) is 33.2 Å². The van der Waals surface area contributed by atoms with Crippen molar-refractivity contribution in [2.24, 2.45) is 4.99 Å². The summed E-state index contributed by atoms with van der Waals surface area (Å²) in [6, 6.07) is 10.4. The molecule has 4 heterocycles. The molecule has 7 heteroatoms. The molecule has 6 rings (SSSR count). The van der Waals surface area contributed by atoms with Crippen LogP contribution in [-0.2, 0) is 6.42 Å². The van der Waals surface area contributed by atoms with Crippen LogP contribution < -0.4 is 0 Å². The monoisotopic (exact) mass is 397 g/mol. The SMILES string of the molecule is O=[N+]1CN=C(n2cnc(-c3ccncc3)c2)C=C2c3cccc(C4CC4)c3CCN21. The van der Waals surface area contributed by atoms with Crippen molar-refractivity contribution in [2.45, 2.75) is 25.2 Å². The first-order valence-electron chi connectivity index (χ1n) is 10.3. The fraction of sp³-hybridized carbons (Fsp3) is 0.261. The van der Waals surface area contributed by atoms with Crippen molar-refractivity contribution in [3.05, 3.63) is 82.9 Å². The van der Waals surface area contributed by atoms with Crippen LogP contribution >= 0.6 is 0 Å². The van der Waals surface area contributed by atoms with E-state index in [-0.39, 0.29) is 6.67 Å². The Balaban J connectivity index is 1.43. The van der Waals surface area contributed by atoms with E-state index in [4.69, 9.17) is 0 Å². The van der Waals surface area contributed by atoms with Gasteiger partial charge in [-0.05, 0) is 48.4 Å². The van der Waals surface area contributed by atoms with E-state index >= 15 is 0 Å². The molecule has 148 valence electrons. The molecule has 0 saturated heterocycles. The number of aromatic nitrogens is 3. The van der Waals surface area contributed by atoms with Gasteiger partial charge in [-0.15, -0.1) is 5.01 Å². The van der Waals surface area contributed by atoms with Crippen molar-refractivity contribution >= 4 is 11.5 Å². The molecular weight excluding hydrogens is 376 g/mol. The molecule has 1 aromatic carbocycles. The molecule has 7 nitrogen and oxygen atoms in total. The van der Waals surface area contributed by atoms with Crippen molar-refractivity contribution in [1.29, 1.82) is 0 Å². The Morgan fingerprint density at radius 1 is 1.10 bits per heavy atom. The number of benzene rings is 1. The Morgan fingerprint density at radius 3 is 2.80 bits per heavy atom. The molecule has 3 aliphatic rings. The van der Waals surface area contributed by atoms with Gasteiger partial charge in [0.05, 0.1) is 17.1 Å². The minimum absolute atomic E-state index is 0.0652. The van der Waals surface area contributed by atoms with Crippen molar-refractivity contribution in [3.63, 3.8) is 0 Å². The maximum Gasteiger partial charge on any atom is 0.318 e. The van der Waals surface area contributed by atoms with Gasteiger partial charge in [0.15, 0.2) is 0 Å². The Bertz CT molecular complexity index is 1210. The van der Waals surface area contributed by atoms with Crippen molar-refractivity contribution in [2.75, 3.05) is 13.2 Å². The van der Waals surface area contributed by atoms with Gasteiger partial charge in [0.1, 0.15) is 22.7 Å². The lowest BCUT2D eigenvalue weighted by Crippen LogP contribution is -2.37. The fourth-order valence-electron chi connectivity index (χ4n) is 4.41. The molecule has 0 spiro atoms. The van der Waals surface area contributed by atoms with Gasteiger partial charge < -0.3 is 0 Å². The van der Waals surface area contributed by atoms with E-state index in [0.29, 0.717) is 18.3 Å². The van der Waals surface area contributed by atoms with E-state index in [1.54, 1.807) is 18.7 Å². The van der Waals surface area contributed by atoms with E-state index in [0.717, 1.165) is 33.8 Å². The van der Waals surface area contributed by atoms with Gasteiger partial charge in [-0.1, -0.05) is 18.2 Å². The number of hydrogen-bond donors (Lipinski definition) is 0. The van der Waals surface area contributed by atoms with Crippen molar-refractivity contribution in [3.8, 4) is 11.3 Å². The number of nitroso groups, excluding NO2 is 1. The molecule has 0 unspecified atom stereocenters. The quantitative estimate of drug-likeness (QED) is 0.620. The Morgan fingerprint density at radius 2 is 1.97 bits per heavy atom. The van der Waals surface area contributed by atoms with Crippen LogP contribution in [0.15, 0.2) is 66.3 Å². The van der Waals surface area contributed by atoms with E-state index in [1.165, 1.54) is 24.0 Å². The van der Waals surface area contributed by atoms with Gasteiger partial charge in [0.2, 0.25) is 0 Å². The highest BCUT2D eigenvalue weighted by molar-refractivity contribution is 6.01. The van der Waals surface area contributed by atoms with Gasteiger partial charge >= 0.3 is 6.67 Å². The molecule has 30 heavy (non-hydrogen) atoms. The summed E-state index contributed by atoms with van der Waals surface area (Å²) in [5, 5.41) is 1.82. The zero-order valence-corrected chi connectivity index (χ0v) is 16.5. The number of fused-ring (bicyclic) bond motifs is 3. The molecule has 3 aromatic rings. The predicted molar refractivity (Wildman–Crippen MR) is 114 cm³/mol. The smallest absolute Gasteiger partial charge is 0.290 e. The van der Waals surface area contributed by atoms with Crippen LogP contribution in [0.25, 0.3) is 17.0 Å². The van der Waals surface area contributed by atoms with Crippen molar-refractivity contribution < 1.29 is 4.87 Å². The lowest BCUT2D eigenvalue weighted by molar-refractivity contribution is -0.687. The number of allylic oxidation sites excluding steroid dienone is 1. The number of imidazole rings is 1. The third-order valence-electron chi connectivity index (χ3n) is 6.07. The average Bonchev–Trinajstić information content (AvgIpc) is 3.55. The normalized spacial score (nSPS) is 18.3. The first kappa shape index (κ1) is 17.3. The summed E-state index contributed by atoms with van der Waals surface area (Å²) in [4.78, 5) is 26.9. The summed E-state index contributed by atoms with van der Waals surface area (Å²) >= 11 is 0. The van der Waals surface area contributed by atoms with Crippen LogP contribution in [0.5, 0.6) is 0 Å². The van der Waals surface area contributed by atoms with Gasteiger partial charge in [-0.3, -0.25) is 9.55 Å². The minimum atomic E-state index is 0.0652. The first-order chi connectivity index (χ1) is 14.8. The molecule has 0 amide bonds. The number of nitrogens with zero attached hydrogens (tertiary/aromatic N) is 6. The predicted octanol–water partition coefficient (Wildman–Crippen LogP) is 3.63.